The molecule has 0 N–H and O–H groups in total. The molecule has 3 rings (SSSR count). The highest BCUT2D eigenvalue weighted by Gasteiger charge is 2.09. The van der Waals surface area contributed by atoms with Crippen LogP contribution in [0.1, 0.15) is 0 Å². The van der Waals surface area contributed by atoms with Crippen LogP contribution in [0.15, 0.2) is 66.7 Å². The second kappa shape index (κ2) is 4.94. The van der Waals surface area contributed by atoms with E-state index >= 15 is 0 Å². The van der Waals surface area contributed by atoms with Crippen molar-refractivity contribution in [2.24, 2.45) is 0 Å². The summed E-state index contributed by atoms with van der Waals surface area (Å²) < 4.78 is 7.50. The van der Waals surface area contributed by atoms with Crippen molar-refractivity contribution in [2.45, 2.75) is 0 Å². The zero-order chi connectivity index (χ0) is 13.4. The molecule has 3 aromatic rings. The Morgan fingerprint density at radius 2 is 1.58 bits per heavy atom. The maximum absolute atomic E-state index is 12.1. The van der Waals surface area contributed by atoms with E-state index in [1.54, 1.807) is 12.1 Å². The quantitative estimate of drug-likeness (QED) is 0.596. The summed E-state index contributed by atoms with van der Waals surface area (Å²) in [5.41, 5.74) is 1.41. The number of hydrogen-bond donors (Lipinski definition) is 0. The first kappa shape index (κ1) is 12.6. The molecule has 1 aromatic heterocycles. The molecule has 1 heterocycles. The Balaban J connectivity index is 2.31. The summed E-state index contributed by atoms with van der Waals surface area (Å²) in [6.45, 7) is 0. The number of halogens is 2. The van der Waals surface area contributed by atoms with E-state index in [-0.39, 0.29) is 5.43 Å². The maximum Gasteiger partial charge on any atom is 0.193 e. The van der Waals surface area contributed by atoms with Crippen molar-refractivity contribution in [3.05, 3.63) is 67.7 Å². The second-order valence-electron chi connectivity index (χ2n) is 4.10. The van der Waals surface area contributed by atoms with Gasteiger partial charge in [0, 0.05) is 20.6 Å². The van der Waals surface area contributed by atoms with Gasteiger partial charge in [-0.1, -0.05) is 30.3 Å². The summed E-state index contributed by atoms with van der Waals surface area (Å²) in [5.74, 6) is 0.576. The van der Waals surface area contributed by atoms with Gasteiger partial charge in [-0.2, -0.15) is 0 Å². The Morgan fingerprint density at radius 3 is 2.32 bits per heavy atom. The fourth-order valence-corrected chi connectivity index (χ4v) is 2.56. The largest absolute Gasteiger partial charge is 0.456 e. The third kappa shape index (κ3) is 2.38. The number of rotatable bonds is 1. The Bertz CT molecular complexity index is 807. The average Bonchev–Trinajstić information content (AvgIpc) is 2.42. The van der Waals surface area contributed by atoms with Gasteiger partial charge < -0.3 is 4.42 Å². The minimum absolute atomic E-state index is 0.0479. The van der Waals surface area contributed by atoms with Crippen molar-refractivity contribution in [3.8, 4) is 11.3 Å². The van der Waals surface area contributed by atoms with Gasteiger partial charge in [0.05, 0.1) is 5.39 Å². The number of hydrogen-bond acceptors (Lipinski definition) is 2. The van der Waals surface area contributed by atoms with Crippen molar-refractivity contribution in [1.82, 2.24) is 0 Å². The summed E-state index contributed by atoms with van der Waals surface area (Å²) in [6, 6.07) is 14.7. The van der Waals surface area contributed by atoms with Crippen molar-refractivity contribution in [3.63, 3.8) is 0 Å². The molecular weight excluding hydrogens is 372 g/mol. The Hall–Kier alpha value is -1.39. The van der Waals surface area contributed by atoms with Crippen molar-refractivity contribution in [2.75, 3.05) is 0 Å². The molecule has 4 heteroatoms. The molecular formula is C15H8Br2O2. The molecule has 0 fully saturated rings. The molecule has 0 spiro atoms. The number of fused-ring (bicyclic) bond motifs is 1. The predicted molar refractivity (Wildman–Crippen MR) is 83.3 cm³/mol. The van der Waals surface area contributed by atoms with Crippen LogP contribution in [0.3, 0.4) is 0 Å². The van der Waals surface area contributed by atoms with Gasteiger partial charge in [-0.15, -0.1) is 0 Å². The van der Waals surface area contributed by atoms with Crippen LogP contribution in [0.4, 0.5) is 0 Å². The zero-order valence-corrected chi connectivity index (χ0v) is 12.9. The lowest BCUT2D eigenvalue weighted by Crippen LogP contribution is -2.00. The number of benzene rings is 2. The summed E-state index contributed by atoms with van der Waals surface area (Å²) in [4.78, 5) is 12.1. The molecule has 0 aliphatic rings. The third-order valence-electron chi connectivity index (χ3n) is 2.83. The highest BCUT2D eigenvalue weighted by molar-refractivity contribution is 9.13. The summed E-state index contributed by atoms with van der Waals surface area (Å²) in [7, 11) is 0. The molecule has 0 unspecified atom stereocenters. The van der Waals surface area contributed by atoms with Crippen molar-refractivity contribution >= 4 is 42.8 Å². The van der Waals surface area contributed by atoms with Crippen LogP contribution in [-0.2, 0) is 0 Å². The molecule has 2 aromatic carbocycles. The van der Waals surface area contributed by atoms with Crippen LogP contribution < -0.4 is 5.43 Å². The lowest BCUT2D eigenvalue weighted by Gasteiger charge is -2.04. The van der Waals surface area contributed by atoms with Crippen molar-refractivity contribution < 1.29 is 4.42 Å². The maximum atomic E-state index is 12.1. The SMILES string of the molecule is O=c1cc(-c2ccccc2)oc2cc(Br)c(Br)cc12. The summed E-state index contributed by atoms with van der Waals surface area (Å²) in [5, 5.41) is 0.565. The Kier molecular flexibility index (Phi) is 3.29. The van der Waals surface area contributed by atoms with Crippen LogP contribution >= 0.6 is 31.9 Å². The van der Waals surface area contributed by atoms with Gasteiger partial charge in [0.15, 0.2) is 5.43 Å². The van der Waals surface area contributed by atoms with Gasteiger partial charge in [0.25, 0.3) is 0 Å². The minimum Gasteiger partial charge on any atom is -0.456 e. The smallest absolute Gasteiger partial charge is 0.193 e. The summed E-state index contributed by atoms with van der Waals surface area (Å²) >= 11 is 6.80. The molecule has 0 aliphatic heterocycles. The highest BCUT2D eigenvalue weighted by atomic mass is 79.9. The van der Waals surface area contributed by atoms with Gasteiger partial charge in [0.1, 0.15) is 11.3 Å². The second-order valence-corrected chi connectivity index (χ2v) is 5.81. The van der Waals surface area contributed by atoms with Gasteiger partial charge in [-0.25, -0.2) is 0 Å². The zero-order valence-electron chi connectivity index (χ0n) is 9.69. The monoisotopic (exact) mass is 378 g/mol. The van der Waals surface area contributed by atoms with Gasteiger partial charge >= 0.3 is 0 Å². The lowest BCUT2D eigenvalue weighted by atomic mass is 10.1. The lowest BCUT2D eigenvalue weighted by molar-refractivity contribution is 0.618. The normalized spacial score (nSPS) is 10.8. The van der Waals surface area contributed by atoms with E-state index in [9.17, 15) is 4.79 Å². The molecule has 19 heavy (non-hydrogen) atoms. The van der Waals surface area contributed by atoms with E-state index in [2.05, 4.69) is 31.9 Å². The molecule has 0 radical (unpaired) electrons. The first-order chi connectivity index (χ1) is 9.15. The first-order valence-corrected chi connectivity index (χ1v) is 7.22. The van der Waals surface area contributed by atoms with Gasteiger partial charge in [-0.05, 0) is 44.0 Å². The first-order valence-electron chi connectivity index (χ1n) is 5.63. The molecule has 2 nitrogen and oxygen atoms in total. The van der Waals surface area contributed by atoms with Gasteiger partial charge in [0.2, 0.25) is 0 Å². The fourth-order valence-electron chi connectivity index (χ4n) is 1.90. The molecule has 0 atom stereocenters. The molecule has 0 amide bonds. The van der Waals surface area contributed by atoms with E-state index < -0.39 is 0 Å². The standard InChI is InChI=1S/C15H8Br2O2/c16-11-6-10-13(18)8-14(9-4-2-1-3-5-9)19-15(10)7-12(11)17/h1-8H. The molecule has 0 saturated heterocycles. The van der Waals surface area contributed by atoms with Crippen LogP contribution in [0.5, 0.6) is 0 Å². The third-order valence-corrected chi connectivity index (χ3v) is 4.67. The Labute approximate surface area is 126 Å². The van der Waals surface area contributed by atoms with E-state index in [4.69, 9.17) is 4.42 Å². The topological polar surface area (TPSA) is 30.2 Å². The fraction of sp³-hybridized carbons (Fsp3) is 0. The Morgan fingerprint density at radius 1 is 0.895 bits per heavy atom. The van der Waals surface area contributed by atoms with E-state index in [0.29, 0.717) is 16.7 Å². The molecule has 0 bridgehead atoms. The van der Waals surface area contributed by atoms with Crippen LogP contribution in [-0.4, -0.2) is 0 Å². The predicted octanol–water partition coefficient (Wildman–Crippen LogP) is 4.99. The van der Waals surface area contributed by atoms with E-state index in [1.807, 2.05) is 30.3 Å². The van der Waals surface area contributed by atoms with Crippen LogP contribution in [0.2, 0.25) is 0 Å². The average molecular weight is 380 g/mol. The van der Waals surface area contributed by atoms with Crippen LogP contribution in [0, 0.1) is 0 Å². The minimum atomic E-state index is -0.0479. The highest BCUT2D eigenvalue weighted by Crippen LogP contribution is 2.29. The van der Waals surface area contributed by atoms with Crippen LogP contribution in [0.25, 0.3) is 22.3 Å². The van der Waals surface area contributed by atoms with E-state index in [0.717, 1.165) is 14.5 Å². The molecule has 0 saturated carbocycles. The summed E-state index contributed by atoms with van der Waals surface area (Å²) in [6.07, 6.45) is 0. The molecule has 94 valence electrons. The molecule has 0 aliphatic carbocycles. The van der Waals surface area contributed by atoms with Gasteiger partial charge in [-0.3, -0.25) is 4.79 Å². The van der Waals surface area contributed by atoms with Crippen molar-refractivity contribution in [1.29, 1.82) is 0 Å². The van der Waals surface area contributed by atoms with E-state index in [1.165, 1.54) is 6.07 Å².